The third-order valence-corrected chi connectivity index (χ3v) is 5.41. The van der Waals surface area contributed by atoms with Crippen molar-refractivity contribution in [3.8, 4) is 10.7 Å². The van der Waals surface area contributed by atoms with Crippen LogP contribution in [0.1, 0.15) is 10.4 Å². The largest absolute Gasteiger partial charge is 0.380 e. The summed E-state index contributed by atoms with van der Waals surface area (Å²) < 4.78 is 14.8. The van der Waals surface area contributed by atoms with Crippen molar-refractivity contribution in [1.82, 2.24) is 15.1 Å². The van der Waals surface area contributed by atoms with Crippen LogP contribution in [0.3, 0.4) is 0 Å². The molecule has 0 saturated heterocycles. The summed E-state index contributed by atoms with van der Waals surface area (Å²) in [4.78, 5) is 5.70. The molecule has 0 unspecified atom stereocenters. The molecule has 2 aromatic carbocycles. The van der Waals surface area contributed by atoms with Crippen LogP contribution in [-0.4, -0.2) is 9.55 Å². The van der Waals surface area contributed by atoms with Crippen molar-refractivity contribution in [3.63, 3.8) is 0 Å². The van der Waals surface area contributed by atoms with E-state index in [2.05, 4.69) is 29.4 Å². The van der Waals surface area contributed by atoms with Gasteiger partial charge in [-0.05, 0) is 36.8 Å². The molecule has 4 aromatic rings. The van der Waals surface area contributed by atoms with Gasteiger partial charge in [0.15, 0.2) is 0 Å². The van der Waals surface area contributed by atoms with Gasteiger partial charge < -0.3 is 9.88 Å². The van der Waals surface area contributed by atoms with Crippen molar-refractivity contribution in [2.45, 2.75) is 20.1 Å². The fourth-order valence-corrected chi connectivity index (χ4v) is 3.97. The van der Waals surface area contributed by atoms with E-state index in [4.69, 9.17) is 0 Å². The van der Waals surface area contributed by atoms with Crippen LogP contribution in [0.5, 0.6) is 0 Å². The van der Waals surface area contributed by atoms with Gasteiger partial charge in [0, 0.05) is 22.1 Å². The van der Waals surface area contributed by atoms with Gasteiger partial charge in [-0.3, -0.25) is 0 Å². The number of thiazole rings is 1. The molecule has 0 radical (unpaired) electrons. The van der Waals surface area contributed by atoms with Crippen LogP contribution in [0, 0.1) is 6.92 Å². The summed E-state index contributed by atoms with van der Waals surface area (Å²) in [6.45, 7) is 2.87. The van der Waals surface area contributed by atoms with Gasteiger partial charge >= 0.3 is 0 Å². The van der Waals surface area contributed by atoms with E-state index in [-0.39, 0.29) is 6.67 Å². The zero-order chi connectivity index (χ0) is 17.9. The maximum absolute atomic E-state index is 12.9. The first-order valence-electron chi connectivity index (χ1n) is 8.42. The summed E-state index contributed by atoms with van der Waals surface area (Å²) in [7, 11) is 0. The van der Waals surface area contributed by atoms with Gasteiger partial charge in [-0.1, -0.05) is 30.3 Å². The number of anilines is 1. The topological polar surface area (TPSA) is 41.9 Å². The Hall–Kier alpha value is -2.70. The monoisotopic (exact) mass is 366 g/mol. The first-order chi connectivity index (χ1) is 12.8. The molecule has 0 spiro atoms. The van der Waals surface area contributed by atoms with Crippen molar-refractivity contribution in [2.24, 2.45) is 0 Å². The first kappa shape index (κ1) is 16.8. The smallest absolute Gasteiger partial charge is 0.140 e. The standard InChI is InChI=1S/C20H19FN4S/c1-14-6-5-9-18-17(14)10-19(25(18)13-24-21)20-23-12-16(26-20)11-22-15-7-3-2-4-8-15/h2-10,12,22,24H,11,13H2,1H3. The summed E-state index contributed by atoms with van der Waals surface area (Å²) in [6.07, 6.45) is 1.88. The third-order valence-electron chi connectivity index (χ3n) is 4.39. The van der Waals surface area contributed by atoms with Gasteiger partial charge in [0.25, 0.3) is 0 Å². The summed E-state index contributed by atoms with van der Waals surface area (Å²) in [5.74, 6) is 0. The zero-order valence-corrected chi connectivity index (χ0v) is 15.2. The van der Waals surface area contributed by atoms with Gasteiger partial charge in [0.2, 0.25) is 0 Å². The van der Waals surface area contributed by atoms with E-state index < -0.39 is 0 Å². The van der Waals surface area contributed by atoms with Crippen LogP contribution in [0.4, 0.5) is 10.2 Å². The quantitative estimate of drug-likeness (QED) is 0.466. The van der Waals surface area contributed by atoms with Gasteiger partial charge in [-0.2, -0.15) is 0 Å². The number of para-hydroxylation sites is 1. The summed E-state index contributed by atoms with van der Waals surface area (Å²) >= 11 is 1.62. The molecule has 2 N–H and O–H groups in total. The molecule has 0 amide bonds. The maximum atomic E-state index is 12.9. The van der Waals surface area contributed by atoms with E-state index >= 15 is 0 Å². The molecule has 132 valence electrons. The number of nitrogens with zero attached hydrogens (tertiary/aromatic N) is 2. The van der Waals surface area contributed by atoms with Crippen LogP contribution in [-0.2, 0) is 13.2 Å². The Bertz CT molecular complexity index is 1020. The van der Waals surface area contributed by atoms with Crippen molar-refractivity contribution in [3.05, 3.63) is 71.2 Å². The number of hydrogen-bond acceptors (Lipinski definition) is 4. The van der Waals surface area contributed by atoms with Gasteiger partial charge in [-0.25, -0.2) is 4.98 Å². The highest BCUT2D eigenvalue weighted by molar-refractivity contribution is 7.15. The Morgan fingerprint density at radius 3 is 2.77 bits per heavy atom. The highest BCUT2D eigenvalue weighted by Crippen LogP contribution is 2.32. The Kier molecular flexibility index (Phi) is 4.69. The van der Waals surface area contributed by atoms with Crippen LogP contribution in [0.2, 0.25) is 0 Å². The Morgan fingerprint density at radius 1 is 1.12 bits per heavy atom. The van der Waals surface area contributed by atoms with Crippen molar-refractivity contribution < 1.29 is 4.48 Å². The predicted octanol–water partition coefficient (Wildman–Crippen LogP) is 5.12. The number of aromatic nitrogens is 2. The lowest BCUT2D eigenvalue weighted by atomic mass is 10.1. The van der Waals surface area contributed by atoms with Crippen molar-refractivity contribution >= 4 is 27.9 Å². The van der Waals surface area contributed by atoms with Crippen LogP contribution >= 0.6 is 11.3 Å². The van der Waals surface area contributed by atoms with Crippen LogP contribution in [0.25, 0.3) is 21.6 Å². The van der Waals surface area contributed by atoms with Gasteiger partial charge in [-0.15, -0.1) is 21.4 Å². The lowest BCUT2D eigenvalue weighted by molar-refractivity contribution is 0.294. The average Bonchev–Trinajstić information content (AvgIpc) is 3.27. The van der Waals surface area contributed by atoms with E-state index in [1.165, 1.54) is 5.56 Å². The first-order valence-corrected chi connectivity index (χ1v) is 9.24. The molecule has 0 fully saturated rings. The molecule has 26 heavy (non-hydrogen) atoms. The molecule has 0 bridgehead atoms. The minimum Gasteiger partial charge on any atom is -0.380 e. The summed E-state index contributed by atoms with van der Waals surface area (Å²) in [6, 6.07) is 18.2. The SMILES string of the molecule is Cc1cccc2c1cc(-c1ncc(CNc3ccccc3)s1)n2CNF. The second kappa shape index (κ2) is 7.27. The Morgan fingerprint density at radius 2 is 1.96 bits per heavy atom. The molecule has 0 atom stereocenters. The molecule has 2 heterocycles. The number of rotatable bonds is 6. The number of aryl methyl sites for hydroxylation is 1. The lowest BCUT2D eigenvalue weighted by Crippen LogP contribution is -2.10. The maximum Gasteiger partial charge on any atom is 0.140 e. The minimum absolute atomic E-state index is 0.0967. The van der Waals surface area contributed by atoms with Crippen LogP contribution < -0.4 is 10.9 Å². The molecule has 6 heteroatoms. The molecule has 2 aromatic heterocycles. The zero-order valence-electron chi connectivity index (χ0n) is 14.4. The highest BCUT2D eigenvalue weighted by atomic mass is 32.1. The lowest BCUT2D eigenvalue weighted by Gasteiger charge is -2.07. The van der Waals surface area contributed by atoms with E-state index in [1.54, 1.807) is 16.9 Å². The second-order valence-electron chi connectivity index (χ2n) is 6.11. The summed E-state index contributed by atoms with van der Waals surface area (Å²) in [5, 5.41) is 5.40. The normalized spacial score (nSPS) is 11.2. The van der Waals surface area contributed by atoms with Crippen LogP contribution in [0.15, 0.2) is 60.8 Å². The van der Waals surface area contributed by atoms with E-state index in [0.717, 1.165) is 32.2 Å². The number of halogens is 1. The van der Waals surface area contributed by atoms with E-state index in [0.29, 0.717) is 6.54 Å². The molecule has 4 rings (SSSR count). The highest BCUT2D eigenvalue weighted by Gasteiger charge is 2.15. The predicted molar refractivity (Wildman–Crippen MR) is 106 cm³/mol. The number of nitrogens with one attached hydrogen (secondary N) is 2. The molecular weight excluding hydrogens is 347 g/mol. The minimum atomic E-state index is 0.0967. The third kappa shape index (κ3) is 3.21. The molecule has 0 aliphatic carbocycles. The number of benzene rings is 2. The fraction of sp³-hybridized carbons (Fsp3) is 0.150. The Labute approximate surface area is 155 Å². The average molecular weight is 366 g/mol. The molecular formula is C20H19FN4S. The fourth-order valence-electron chi connectivity index (χ4n) is 3.09. The van der Waals surface area contributed by atoms with Gasteiger partial charge in [0.05, 0.1) is 17.8 Å². The summed E-state index contributed by atoms with van der Waals surface area (Å²) in [5.41, 5.74) is 5.95. The second-order valence-corrected chi connectivity index (χ2v) is 7.22. The molecule has 0 aliphatic heterocycles. The molecule has 0 aliphatic rings. The molecule has 0 saturated carbocycles. The van der Waals surface area contributed by atoms with Crippen molar-refractivity contribution in [1.29, 1.82) is 0 Å². The van der Waals surface area contributed by atoms with E-state index in [1.807, 2.05) is 53.2 Å². The Balaban J connectivity index is 1.64. The van der Waals surface area contributed by atoms with E-state index in [9.17, 15) is 4.48 Å². The molecule has 4 nitrogen and oxygen atoms in total. The number of hydrogen-bond donors (Lipinski definition) is 2. The van der Waals surface area contributed by atoms with Gasteiger partial charge in [0.1, 0.15) is 11.7 Å². The number of fused-ring (bicyclic) bond motifs is 1. The van der Waals surface area contributed by atoms with Crippen molar-refractivity contribution in [2.75, 3.05) is 5.32 Å².